The van der Waals surface area contributed by atoms with Gasteiger partial charge in [0.25, 0.3) is 5.91 Å². The molecule has 0 unspecified atom stereocenters. The second kappa shape index (κ2) is 10.1. The van der Waals surface area contributed by atoms with E-state index in [-0.39, 0.29) is 30.3 Å². The third-order valence-corrected chi connectivity index (χ3v) is 7.35. The molecule has 6 nitrogen and oxygen atoms in total. The fourth-order valence-corrected chi connectivity index (χ4v) is 5.56. The second-order valence-electron chi connectivity index (χ2n) is 9.19. The Labute approximate surface area is 210 Å². The number of amides is 1. The quantitative estimate of drug-likeness (QED) is 0.457. The average molecular weight is 494 g/mol. The molecule has 2 aromatic rings. The molecule has 0 N–H and O–H groups in total. The molecule has 1 heterocycles. The summed E-state index contributed by atoms with van der Waals surface area (Å²) in [5.74, 6) is 5.46. The Hall–Kier alpha value is -3.30. The summed E-state index contributed by atoms with van der Waals surface area (Å²) >= 11 is 6.52. The minimum atomic E-state index is -0.942. The topological polar surface area (TPSA) is 72.9 Å². The molecule has 1 saturated carbocycles. The highest BCUT2D eigenvalue weighted by Crippen LogP contribution is 2.48. The Morgan fingerprint density at radius 2 is 1.74 bits per heavy atom. The maximum atomic E-state index is 13.4. The first-order valence-electron chi connectivity index (χ1n) is 11.6. The summed E-state index contributed by atoms with van der Waals surface area (Å²) in [6, 6.07) is 10.5. The highest BCUT2D eigenvalue weighted by Gasteiger charge is 2.48. The molecule has 2 aliphatic rings. The number of halogens is 1. The Bertz CT molecular complexity index is 1210. The van der Waals surface area contributed by atoms with E-state index in [0.29, 0.717) is 59.1 Å². The number of likely N-dealkylation sites (tertiary alicyclic amines) is 1. The number of Topliss-reactive ketones (excluding diaryl/α,β-unsaturated/α-hetero) is 2. The maximum absolute atomic E-state index is 13.4. The van der Waals surface area contributed by atoms with Crippen molar-refractivity contribution in [3.05, 3.63) is 58.1 Å². The predicted octanol–water partition coefficient (Wildman–Crippen LogP) is 4.67. The number of ketones is 2. The molecule has 2 aromatic carbocycles. The van der Waals surface area contributed by atoms with E-state index in [2.05, 4.69) is 11.8 Å². The number of hydrogen-bond donors (Lipinski definition) is 0. The van der Waals surface area contributed by atoms with Crippen molar-refractivity contribution in [3.8, 4) is 23.3 Å². The zero-order valence-corrected chi connectivity index (χ0v) is 20.9. The van der Waals surface area contributed by atoms with Crippen LogP contribution < -0.4 is 9.47 Å². The first kappa shape index (κ1) is 24.8. The summed E-state index contributed by atoms with van der Waals surface area (Å²) in [7, 11) is 3.06. The summed E-state index contributed by atoms with van der Waals surface area (Å²) in [4.78, 5) is 41.5. The molecule has 1 aliphatic heterocycles. The largest absolute Gasteiger partial charge is 0.497 e. The van der Waals surface area contributed by atoms with Gasteiger partial charge >= 0.3 is 0 Å². The maximum Gasteiger partial charge on any atom is 0.253 e. The van der Waals surface area contributed by atoms with E-state index in [0.717, 1.165) is 0 Å². The average Bonchev–Trinajstić information content (AvgIpc) is 2.85. The van der Waals surface area contributed by atoms with Gasteiger partial charge < -0.3 is 14.4 Å². The molecule has 0 radical (unpaired) electrons. The van der Waals surface area contributed by atoms with Crippen molar-refractivity contribution in [1.82, 2.24) is 4.90 Å². The Balaban J connectivity index is 1.50. The number of piperidine rings is 1. The van der Waals surface area contributed by atoms with E-state index in [1.54, 1.807) is 55.3 Å². The second-order valence-corrected chi connectivity index (χ2v) is 9.60. The number of ether oxygens (including phenoxy) is 2. The molecular weight excluding hydrogens is 466 g/mol. The van der Waals surface area contributed by atoms with Crippen molar-refractivity contribution in [3.63, 3.8) is 0 Å². The van der Waals surface area contributed by atoms with E-state index in [4.69, 9.17) is 21.1 Å². The van der Waals surface area contributed by atoms with Crippen LogP contribution in [0, 0.1) is 17.3 Å². The van der Waals surface area contributed by atoms with Gasteiger partial charge in [0.15, 0.2) is 0 Å². The van der Waals surface area contributed by atoms with Crippen molar-refractivity contribution in [1.29, 1.82) is 0 Å². The van der Waals surface area contributed by atoms with E-state index in [1.165, 1.54) is 7.11 Å². The van der Waals surface area contributed by atoms with Gasteiger partial charge in [0, 0.05) is 47.6 Å². The van der Waals surface area contributed by atoms with Crippen LogP contribution >= 0.6 is 11.6 Å². The molecule has 35 heavy (non-hydrogen) atoms. The molecule has 1 spiro atoms. The first-order valence-corrected chi connectivity index (χ1v) is 12.0. The summed E-state index contributed by atoms with van der Waals surface area (Å²) in [5, 5.41) is 0.309. The fraction of sp³-hybridized carbons (Fsp3) is 0.393. The highest BCUT2D eigenvalue weighted by molar-refractivity contribution is 6.32. The molecule has 0 atom stereocenters. The normalized spacial score (nSPS) is 17.7. The van der Waals surface area contributed by atoms with Gasteiger partial charge in [0.05, 0.1) is 14.2 Å². The zero-order valence-electron chi connectivity index (χ0n) is 20.2. The van der Waals surface area contributed by atoms with Crippen LogP contribution in [0.4, 0.5) is 0 Å². The lowest BCUT2D eigenvalue weighted by molar-refractivity contribution is -0.138. The molecule has 4 rings (SSSR count). The van der Waals surface area contributed by atoms with Crippen molar-refractivity contribution >= 4 is 29.1 Å². The van der Waals surface area contributed by atoms with Crippen LogP contribution in [0.25, 0.3) is 0 Å². The number of methoxy groups -OCH3 is 2. The van der Waals surface area contributed by atoms with Crippen LogP contribution in [0.5, 0.6) is 11.5 Å². The number of nitrogens with zero attached hydrogens (tertiary/aromatic N) is 1. The Morgan fingerprint density at radius 1 is 1.06 bits per heavy atom. The first-order chi connectivity index (χ1) is 16.8. The smallest absolute Gasteiger partial charge is 0.253 e. The van der Waals surface area contributed by atoms with Gasteiger partial charge in [-0.3, -0.25) is 14.4 Å². The number of hydrogen-bond acceptors (Lipinski definition) is 5. The van der Waals surface area contributed by atoms with Crippen LogP contribution in [0.3, 0.4) is 0 Å². The van der Waals surface area contributed by atoms with Crippen LogP contribution in [-0.2, 0) is 9.59 Å². The van der Waals surface area contributed by atoms with Gasteiger partial charge in [-0.05, 0) is 55.5 Å². The lowest BCUT2D eigenvalue weighted by atomic mass is 9.63. The van der Waals surface area contributed by atoms with E-state index < -0.39 is 11.3 Å². The van der Waals surface area contributed by atoms with Gasteiger partial charge in [-0.25, -0.2) is 0 Å². The van der Waals surface area contributed by atoms with Crippen molar-refractivity contribution < 1.29 is 23.9 Å². The third kappa shape index (κ3) is 4.92. The lowest BCUT2D eigenvalue weighted by Crippen LogP contribution is -2.48. The van der Waals surface area contributed by atoms with Crippen molar-refractivity contribution in [2.75, 3.05) is 27.3 Å². The Kier molecular flexibility index (Phi) is 7.18. The molecular formula is C28H28ClNO5. The number of carbonyl (C=O) groups is 3. The van der Waals surface area contributed by atoms with E-state index >= 15 is 0 Å². The summed E-state index contributed by atoms with van der Waals surface area (Å²) in [6.45, 7) is 2.71. The Morgan fingerprint density at radius 3 is 2.34 bits per heavy atom. The molecule has 7 heteroatoms. The number of rotatable bonds is 4. The van der Waals surface area contributed by atoms with Gasteiger partial charge in [0.2, 0.25) is 0 Å². The van der Waals surface area contributed by atoms with Gasteiger partial charge in [-0.2, -0.15) is 0 Å². The van der Waals surface area contributed by atoms with Crippen LogP contribution in [-0.4, -0.2) is 49.7 Å². The van der Waals surface area contributed by atoms with Crippen molar-refractivity contribution in [2.45, 2.75) is 38.5 Å². The third-order valence-electron chi connectivity index (χ3n) is 7.04. The minimum absolute atomic E-state index is 0.0723. The predicted molar refractivity (Wildman–Crippen MR) is 133 cm³/mol. The van der Waals surface area contributed by atoms with Crippen LogP contribution in [0.2, 0.25) is 5.02 Å². The monoisotopic (exact) mass is 493 g/mol. The minimum Gasteiger partial charge on any atom is -0.497 e. The van der Waals surface area contributed by atoms with Gasteiger partial charge in [0.1, 0.15) is 29.0 Å². The molecule has 0 bridgehead atoms. The number of benzene rings is 2. The van der Waals surface area contributed by atoms with Gasteiger partial charge in [-0.15, -0.1) is 5.92 Å². The summed E-state index contributed by atoms with van der Waals surface area (Å²) in [5.41, 5.74) is 1.22. The molecule has 182 valence electrons. The van der Waals surface area contributed by atoms with E-state index in [1.807, 2.05) is 0 Å². The fourth-order valence-electron chi connectivity index (χ4n) is 5.24. The molecule has 0 aromatic heterocycles. The summed E-state index contributed by atoms with van der Waals surface area (Å²) in [6.07, 6.45) is 1.76. The number of carbonyl (C=O) groups excluding carboxylic acids is 3. The van der Waals surface area contributed by atoms with Crippen molar-refractivity contribution in [2.24, 2.45) is 5.41 Å². The molecule has 2 fully saturated rings. The standard InChI is InChI=1S/C28H28ClNO5/c1-4-6-18-13-21(29)25(24(14-18)35-3)26-22(31)16-28(17-23(26)32)9-11-30(12-10-28)27(33)19-7-5-8-20(15-19)34-2/h5,7-8,13-15,26H,9-12,16-17H2,1-3H3. The van der Waals surface area contributed by atoms with E-state index in [9.17, 15) is 14.4 Å². The van der Waals surface area contributed by atoms with Crippen LogP contribution in [0.15, 0.2) is 36.4 Å². The highest BCUT2D eigenvalue weighted by atomic mass is 35.5. The molecule has 1 amide bonds. The van der Waals surface area contributed by atoms with Crippen LogP contribution in [0.1, 0.15) is 60.0 Å². The molecule has 1 aliphatic carbocycles. The zero-order chi connectivity index (χ0) is 25.2. The SMILES string of the molecule is CC#Cc1cc(Cl)c(C2C(=O)CC3(CCN(C(=O)c4cccc(OC)c4)CC3)CC2=O)c(OC)c1. The lowest BCUT2D eigenvalue weighted by Gasteiger charge is -2.44. The summed E-state index contributed by atoms with van der Waals surface area (Å²) < 4.78 is 10.7. The van der Waals surface area contributed by atoms with Gasteiger partial charge in [-0.1, -0.05) is 23.6 Å². The molecule has 1 saturated heterocycles.